The molecule has 19 heavy (non-hydrogen) atoms. The Kier molecular flexibility index (Phi) is 4.66. The van der Waals surface area contributed by atoms with Crippen LogP contribution in [0.2, 0.25) is 0 Å². The summed E-state index contributed by atoms with van der Waals surface area (Å²) in [6.07, 6.45) is 3.54. The van der Waals surface area contributed by atoms with E-state index in [0.717, 1.165) is 18.7 Å². The van der Waals surface area contributed by atoms with Crippen LogP contribution in [0.4, 0.5) is 0 Å². The summed E-state index contributed by atoms with van der Waals surface area (Å²) in [4.78, 5) is 4.32. The predicted molar refractivity (Wildman–Crippen MR) is 78.6 cm³/mol. The second kappa shape index (κ2) is 6.45. The monoisotopic (exact) mass is 261 g/mol. The zero-order chi connectivity index (χ0) is 13.7. The van der Waals surface area contributed by atoms with E-state index in [2.05, 4.69) is 22.4 Å². The minimum atomic E-state index is 0.212. The molecule has 1 aliphatic rings. The van der Waals surface area contributed by atoms with Gasteiger partial charge in [0.25, 0.3) is 0 Å². The standard InChI is InChI=1S/C15H23N3O/c1-11(2)19-14-7-3-12(4-8-14)9-10-17-15(16)18-13-5-6-13/h3-4,7-8,11,13H,5-6,9-10H2,1-2H3,(H3,16,17,18). The van der Waals surface area contributed by atoms with E-state index in [1.807, 2.05) is 26.0 Å². The van der Waals surface area contributed by atoms with Gasteiger partial charge < -0.3 is 15.8 Å². The van der Waals surface area contributed by atoms with Crippen LogP contribution < -0.4 is 15.8 Å². The van der Waals surface area contributed by atoms with E-state index >= 15 is 0 Å². The molecule has 1 aromatic rings. The highest BCUT2D eigenvalue weighted by molar-refractivity contribution is 5.78. The Bertz CT molecular complexity index is 422. The van der Waals surface area contributed by atoms with Crippen molar-refractivity contribution in [2.75, 3.05) is 6.54 Å². The van der Waals surface area contributed by atoms with Crippen LogP contribution >= 0.6 is 0 Å². The van der Waals surface area contributed by atoms with Gasteiger partial charge in [-0.25, -0.2) is 0 Å². The molecule has 2 rings (SSSR count). The van der Waals surface area contributed by atoms with E-state index < -0.39 is 0 Å². The minimum Gasteiger partial charge on any atom is -0.491 e. The molecule has 4 heteroatoms. The molecule has 1 aliphatic carbocycles. The van der Waals surface area contributed by atoms with Gasteiger partial charge in [-0.2, -0.15) is 0 Å². The molecule has 0 spiro atoms. The van der Waals surface area contributed by atoms with Crippen molar-refractivity contribution in [2.24, 2.45) is 10.7 Å². The molecule has 0 amide bonds. The van der Waals surface area contributed by atoms with Crippen LogP contribution in [-0.4, -0.2) is 24.7 Å². The molecule has 4 nitrogen and oxygen atoms in total. The lowest BCUT2D eigenvalue weighted by Crippen LogP contribution is -2.33. The Morgan fingerprint density at radius 2 is 2.05 bits per heavy atom. The summed E-state index contributed by atoms with van der Waals surface area (Å²) in [5, 5.41) is 3.18. The maximum absolute atomic E-state index is 5.78. The third-order valence-corrected chi connectivity index (χ3v) is 2.91. The molecule has 0 bridgehead atoms. The number of hydrogen-bond acceptors (Lipinski definition) is 2. The molecule has 0 radical (unpaired) electrons. The number of hydrogen-bond donors (Lipinski definition) is 2. The highest BCUT2D eigenvalue weighted by Crippen LogP contribution is 2.18. The molecule has 0 aliphatic heterocycles. The number of guanidine groups is 1. The summed E-state index contributed by atoms with van der Waals surface area (Å²) < 4.78 is 5.61. The van der Waals surface area contributed by atoms with Gasteiger partial charge in [0.2, 0.25) is 0 Å². The molecule has 1 aromatic carbocycles. The van der Waals surface area contributed by atoms with Gasteiger partial charge in [-0.15, -0.1) is 0 Å². The molecule has 3 N–H and O–H groups in total. The first-order valence-corrected chi connectivity index (χ1v) is 6.95. The van der Waals surface area contributed by atoms with Crippen molar-refractivity contribution < 1.29 is 4.74 Å². The van der Waals surface area contributed by atoms with E-state index in [9.17, 15) is 0 Å². The Balaban J connectivity index is 1.75. The van der Waals surface area contributed by atoms with Crippen LogP contribution in [0.1, 0.15) is 32.3 Å². The third-order valence-electron chi connectivity index (χ3n) is 2.91. The third kappa shape index (κ3) is 5.20. The van der Waals surface area contributed by atoms with Crippen LogP contribution in [0.5, 0.6) is 5.75 Å². The van der Waals surface area contributed by atoms with E-state index in [-0.39, 0.29) is 6.10 Å². The highest BCUT2D eigenvalue weighted by atomic mass is 16.5. The maximum Gasteiger partial charge on any atom is 0.188 e. The fourth-order valence-electron chi connectivity index (χ4n) is 1.79. The Hall–Kier alpha value is -1.71. The van der Waals surface area contributed by atoms with Crippen LogP contribution in [0.15, 0.2) is 29.3 Å². The number of rotatable bonds is 6. The molecular weight excluding hydrogens is 238 g/mol. The summed E-state index contributed by atoms with van der Waals surface area (Å²) in [5.41, 5.74) is 7.03. The largest absolute Gasteiger partial charge is 0.491 e. The summed E-state index contributed by atoms with van der Waals surface area (Å²) in [6, 6.07) is 8.74. The number of nitrogens with zero attached hydrogens (tertiary/aromatic N) is 1. The van der Waals surface area contributed by atoms with Crippen LogP contribution in [0, 0.1) is 0 Å². The van der Waals surface area contributed by atoms with Crippen molar-refractivity contribution in [3.8, 4) is 5.75 Å². The minimum absolute atomic E-state index is 0.212. The lowest BCUT2D eigenvalue weighted by molar-refractivity contribution is 0.242. The van der Waals surface area contributed by atoms with E-state index in [4.69, 9.17) is 10.5 Å². The Labute approximate surface area is 115 Å². The number of benzene rings is 1. The van der Waals surface area contributed by atoms with Crippen molar-refractivity contribution in [3.05, 3.63) is 29.8 Å². The summed E-state index contributed by atoms with van der Waals surface area (Å²) in [6.45, 7) is 4.77. The van der Waals surface area contributed by atoms with Gasteiger partial charge in [-0.1, -0.05) is 12.1 Å². The summed E-state index contributed by atoms with van der Waals surface area (Å²) in [5.74, 6) is 1.49. The number of ether oxygens (including phenoxy) is 1. The zero-order valence-corrected chi connectivity index (χ0v) is 11.7. The molecule has 0 atom stereocenters. The predicted octanol–water partition coefficient (Wildman–Crippen LogP) is 2.08. The number of nitrogens with one attached hydrogen (secondary N) is 1. The van der Waals surface area contributed by atoms with Crippen molar-refractivity contribution >= 4 is 5.96 Å². The van der Waals surface area contributed by atoms with Crippen LogP contribution in [0.3, 0.4) is 0 Å². The average Bonchev–Trinajstić information content (AvgIpc) is 3.14. The lowest BCUT2D eigenvalue weighted by atomic mass is 10.1. The molecular formula is C15H23N3O. The Morgan fingerprint density at radius 1 is 1.37 bits per heavy atom. The topological polar surface area (TPSA) is 59.6 Å². The first-order chi connectivity index (χ1) is 9.13. The van der Waals surface area contributed by atoms with Gasteiger partial charge in [-0.05, 0) is 50.8 Å². The molecule has 0 aromatic heterocycles. The number of aliphatic imine (C=N–C) groups is 1. The van der Waals surface area contributed by atoms with Crippen LogP contribution in [0.25, 0.3) is 0 Å². The first kappa shape index (κ1) is 13.7. The molecule has 0 unspecified atom stereocenters. The second-order valence-corrected chi connectivity index (χ2v) is 5.25. The van der Waals surface area contributed by atoms with Gasteiger partial charge in [0, 0.05) is 12.6 Å². The summed E-state index contributed by atoms with van der Waals surface area (Å²) >= 11 is 0. The van der Waals surface area contributed by atoms with Gasteiger partial charge >= 0.3 is 0 Å². The van der Waals surface area contributed by atoms with Crippen molar-refractivity contribution in [2.45, 2.75) is 45.3 Å². The molecule has 1 fully saturated rings. The molecule has 0 heterocycles. The SMILES string of the molecule is CC(C)Oc1ccc(CCN=C(N)NC2CC2)cc1. The number of nitrogens with two attached hydrogens (primary N) is 1. The second-order valence-electron chi connectivity index (χ2n) is 5.25. The first-order valence-electron chi connectivity index (χ1n) is 6.95. The van der Waals surface area contributed by atoms with E-state index in [1.165, 1.54) is 18.4 Å². The average molecular weight is 261 g/mol. The van der Waals surface area contributed by atoms with Crippen molar-refractivity contribution in [3.63, 3.8) is 0 Å². The maximum atomic E-state index is 5.78. The fourth-order valence-corrected chi connectivity index (χ4v) is 1.79. The van der Waals surface area contributed by atoms with Gasteiger partial charge in [0.15, 0.2) is 5.96 Å². The van der Waals surface area contributed by atoms with Crippen LogP contribution in [-0.2, 0) is 6.42 Å². The Morgan fingerprint density at radius 3 is 2.63 bits per heavy atom. The van der Waals surface area contributed by atoms with Crippen molar-refractivity contribution in [1.82, 2.24) is 5.32 Å². The smallest absolute Gasteiger partial charge is 0.188 e. The van der Waals surface area contributed by atoms with Gasteiger partial charge in [0.1, 0.15) is 5.75 Å². The molecule has 104 valence electrons. The summed E-state index contributed by atoms with van der Waals surface area (Å²) in [7, 11) is 0. The van der Waals surface area contributed by atoms with Crippen molar-refractivity contribution in [1.29, 1.82) is 0 Å². The van der Waals surface area contributed by atoms with E-state index in [0.29, 0.717) is 12.0 Å². The van der Waals surface area contributed by atoms with E-state index in [1.54, 1.807) is 0 Å². The van der Waals surface area contributed by atoms with Gasteiger partial charge in [-0.3, -0.25) is 4.99 Å². The zero-order valence-electron chi connectivity index (χ0n) is 11.7. The molecule has 0 saturated heterocycles. The quantitative estimate of drug-likeness (QED) is 0.609. The van der Waals surface area contributed by atoms with Gasteiger partial charge in [0.05, 0.1) is 6.10 Å². The highest BCUT2D eigenvalue weighted by Gasteiger charge is 2.21. The lowest BCUT2D eigenvalue weighted by Gasteiger charge is -2.09. The molecule has 1 saturated carbocycles. The fraction of sp³-hybridized carbons (Fsp3) is 0.533. The normalized spacial score (nSPS) is 15.6.